The molecular weight excluding hydrogens is 316 g/mol. The molecule has 2 aromatic rings. The number of H-pyrrole nitrogens is 1. The van der Waals surface area contributed by atoms with Crippen molar-refractivity contribution in [2.45, 2.75) is 18.9 Å². The van der Waals surface area contributed by atoms with E-state index in [4.69, 9.17) is 11.6 Å². The van der Waals surface area contributed by atoms with Gasteiger partial charge in [0.05, 0.1) is 0 Å². The van der Waals surface area contributed by atoms with Crippen molar-refractivity contribution in [3.63, 3.8) is 0 Å². The van der Waals surface area contributed by atoms with Crippen LogP contribution < -0.4 is 15.5 Å². The molecule has 2 aliphatic heterocycles. The highest BCUT2D eigenvalue weighted by molar-refractivity contribution is 6.31. The van der Waals surface area contributed by atoms with Crippen LogP contribution in [0.2, 0.25) is 5.02 Å². The van der Waals surface area contributed by atoms with E-state index in [-0.39, 0.29) is 17.9 Å². The van der Waals surface area contributed by atoms with E-state index in [1.54, 1.807) is 0 Å². The molecule has 120 valence electrons. The monoisotopic (exact) mass is 332 g/mol. The van der Waals surface area contributed by atoms with Crippen LogP contribution in [0, 0.1) is 5.92 Å². The molecule has 3 N–H and O–H groups in total. The van der Waals surface area contributed by atoms with Gasteiger partial charge in [-0.25, -0.2) is 4.79 Å². The van der Waals surface area contributed by atoms with Gasteiger partial charge in [-0.3, -0.25) is 10.1 Å². The highest BCUT2D eigenvalue weighted by Gasteiger charge is 2.37. The van der Waals surface area contributed by atoms with Gasteiger partial charge in [0.1, 0.15) is 6.04 Å². The largest absolute Gasteiger partial charge is 0.371 e. The van der Waals surface area contributed by atoms with Gasteiger partial charge in [0.2, 0.25) is 0 Å². The third-order valence-electron chi connectivity index (χ3n) is 4.77. The van der Waals surface area contributed by atoms with Gasteiger partial charge in [-0.05, 0) is 37.0 Å². The van der Waals surface area contributed by atoms with Crippen LogP contribution in [-0.2, 0) is 4.79 Å². The normalized spacial score (nSPS) is 22.5. The Morgan fingerprint density at radius 3 is 2.65 bits per heavy atom. The summed E-state index contributed by atoms with van der Waals surface area (Å²) in [5.41, 5.74) is 2.14. The van der Waals surface area contributed by atoms with E-state index in [0.717, 1.165) is 42.5 Å². The van der Waals surface area contributed by atoms with E-state index in [1.807, 2.05) is 18.3 Å². The summed E-state index contributed by atoms with van der Waals surface area (Å²) in [7, 11) is 0. The van der Waals surface area contributed by atoms with E-state index in [2.05, 4.69) is 26.6 Å². The Balaban J connectivity index is 1.52. The summed E-state index contributed by atoms with van der Waals surface area (Å²) in [5, 5.41) is 6.89. The lowest BCUT2D eigenvalue weighted by Crippen LogP contribution is -2.44. The summed E-state index contributed by atoms with van der Waals surface area (Å²) in [6, 6.07) is 5.19. The minimum Gasteiger partial charge on any atom is -0.371 e. The molecule has 0 aliphatic carbocycles. The first-order valence-electron chi connectivity index (χ1n) is 7.75. The van der Waals surface area contributed by atoms with Crippen LogP contribution in [-0.4, -0.2) is 36.1 Å². The lowest BCUT2D eigenvalue weighted by atomic mass is 9.89. The molecule has 1 atom stereocenters. The van der Waals surface area contributed by atoms with Crippen LogP contribution in [0.1, 0.15) is 12.8 Å². The minimum absolute atomic E-state index is 0.179. The molecule has 4 rings (SSSR count). The predicted molar refractivity (Wildman–Crippen MR) is 88.7 cm³/mol. The molecule has 2 aliphatic rings. The Labute approximate surface area is 138 Å². The molecule has 7 heteroatoms. The van der Waals surface area contributed by atoms with Gasteiger partial charge in [-0.1, -0.05) is 11.6 Å². The third-order valence-corrected chi connectivity index (χ3v) is 4.99. The molecule has 1 aromatic heterocycles. The van der Waals surface area contributed by atoms with Crippen molar-refractivity contribution in [2.24, 2.45) is 5.92 Å². The molecule has 3 heterocycles. The molecule has 1 aromatic carbocycles. The Kier molecular flexibility index (Phi) is 3.41. The van der Waals surface area contributed by atoms with Crippen LogP contribution in [0.25, 0.3) is 10.9 Å². The van der Waals surface area contributed by atoms with Gasteiger partial charge < -0.3 is 15.2 Å². The maximum absolute atomic E-state index is 11.8. The Hall–Kier alpha value is -2.21. The van der Waals surface area contributed by atoms with Gasteiger partial charge in [-0.15, -0.1) is 0 Å². The van der Waals surface area contributed by atoms with Gasteiger partial charge in [0, 0.05) is 40.9 Å². The molecule has 0 saturated carbocycles. The van der Waals surface area contributed by atoms with Crippen molar-refractivity contribution in [1.29, 1.82) is 0 Å². The first-order valence-corrected chi connectivity index (χ1v) is 8.12. The maximum atomic E-state index is 11.8. The number of aromatic amines is 1. The number of nitrogens with one attached hydrogen (secondary N) is 3. The quantitative estimate of drug-likeness (QED) is 0.738. The smallest absolute Gasteiger partial charge is 0.322 e. The van der Waals surface area contributed by atoms with Crippen molar-refractivity contribution in [1.82, 2.24) is 15.6 Å². The second-order valence-corrected chi connectivity index (χ2v) is 6.57. The van der Waals surface area contributed by atoms with Gasteiger partial charge in [0.15, 0.2) is 0 Å². The van der Waals surface area contributed by atoms with E-state index in [9.17, 15) is 9.59 Å². The number of halogens is 1. The second kappa shape index (κ2) is 5.45. The second-order valence-electron chi connectivity index (χ2n) is 6.13. The summed E-state index contributed by atoms with van der Waals surface area (Å²) >= 11 is 6.22. The number of imide groups is 1. The van der Waals surface area contributed by atoms with Crippen molar-refractivity contribution >= 4 is 40.1 Å². The number of amides is 3. The average Bonchev–Trinajstić information content (AvgIpc) is 3.12. The summed E-state index contributed by atoms with van der Waals surface area (Å²) in [6.45, 7) is 1.68. The number of rotatable bonds is 2. The summed E-state index contributed by atoms with van der Waals surface area (Å²) < 4.78 is 0. The standard InChI is InChI=1S/C16H17ClN4O2/c17-10-7-12-11(1-4-18-12)13(8-10)21-5-2-9(3-6-21)14-15(22)20-16(23)19-14/h1,4,7-9,14,18H,2-3,5-6H2,(H2,19,20,22,23). The van der Waals surface area contributed by atoms with Crippen LogP contribution in [0.5, 0.6) is 0 Å². The maximum Gasteiger partial charge on any atom is 0.322 e. The molecule has 2 saturated heterocycles. The number of benzene rings is 1. The molecule has 0 radical (unpaired) electrons. The first-order chi connectivity index (χ1) is 11.1. The van der Waals surface area contributed by atoms with E-state index in [0.29, 0.717) is 5.02 Å². The topological polar surface area (TPSA) is 77.2 Å². The fourth-order valence-electron chi connectivity index (χ4n) is 3.61. The fourth-order valence-corrected chi connectivity index (χ4v) is 3.83. The van der Waals surface area contributed by atoms with Gasteiger partial charge in [-0.2, -0.15) is 0 Å². The predicted octanol–water partition coefficient (Wildman–Crippen LogP) is 2.25. The summed E-state index contributed by atoms with van der Waals surface area (Å²) in [6.07, 6.45) is 3.63. The molecule has 2 fully saturated rings. The number of aromatic nitrogens is 1. The van der Waals surface area contributed by atoms with Crippen LogP contribution in [0.15, 0.2) is 24.4 Å². The zero-order valence-electron chi connectivity index (χ0n) is 12.4. The SMILES string of the molecule is O=C1NC(=O)C(C2CCN(c3cc(Cl)cc4[nH]ccc34)CC2)N1. The molecule has 0 spiro atoms. The number of urea groups is 1. The van der Waals surface area contributed by atoms with Crippen molar-refractivity contribution in [2.75, 3.05) is 18.0 Å². The molecule has 6 nitrogen and oxygen atoms in total. The lowest BCUT2D eigenvalue weighted by Gasteiger charge is -2.35. The molecule has 3 amide bonds. The number of nitrogens with zero attached hydrogens (tertiary/aromatic N) is 1. The minimum atomic E-state index is -0.392. The zero-order chi connectivity index (χ0) is 16.0. The summed E-state index contributed by atoms with van der Waals surface area (Å²) in [4.78, 5) is 28.6. The fraction of sp³-hybridized carbons (Fsp3) is 0.375. The Morgan fingerprint density at radius 1 is 1.17 bits per heavy atom. The lowest BCUT2D eigenvalue weighted by molar-refractivity contribution is -0.121. The first kappa shape index (κ1) is 14.4. The number of carbonyl (C=O) groups excluding carboxylic acids is 2. The van der Waals surface area contributed by atoms with Crippen molar-refractivity contribution in [3.8, 4) is 0 Å². The van der Waals surface area contributed by atoms with Crippen LogP contribution >= 0.6 is 11.6 Å². The number of hydrogen-bond donors (Lipinski definition) is 3. The van der Waals surface area contributed by atoms with Gasteiger partial charge in [0.25, 0.3) is 5.91 Å². The highest BCUT2D eigenvalue weighted by Crippen LogP contribution is 2.33. The van der Waals surface area contributed by atoms with Crippen LogP contribution in [0.3, 0.4) is 0 Å². The number of anilines is 1. The van der Waals surface area contributed by atoms with E-state index < -0.39 is 6.04 Å². The van der Waals surface area contributed by atoms with Crippen molar-refractivity contribution < 1.29 is 9.59 Å². The summed E-state index contributed by atoms with van der Waals surface area (Å²) in [5.74, 6) is -0.0252. The third kappa shape index (κ3) is 2.53. The van der Waals surface area contributed by atoms with E-state index in [1.165, 1.54) is 0 Å². The number of hydrogen-bond acceptors (Lipinski definition) is 3. The molecular formula is C16H17ClN4O2. The number of piperidine rings is 1. The molecule has 23 heavy (non-hydrogen) atoms. The van der Waals surface area contributed by atoms with Gasteiger partial charge >= 0.3 is 6.03 Å². The Morgan fingerprint density at radius 2 is 1.96 bits per heavy atom. The average molecular weight is 333 g/mol. The van der Waals surface area contributed by atoms with E-state index >= 15 is 0 Å². The molecule has 0 bridgehead atoms. The zero-order valence-corrected chi connectivity index (χ0v) is 13.2. The number of fused-ring (bicyclic) bond motifs is 1. The Bertz CT molecular complexity index is 779. The van der Waals surface area contributed by atoms with Crippen molar-refractivity contribution in [3.05, 3.63) is 29.4 Å². The number of carbonyl (C=O) groups is 2. The highest BCUT2D eigenvalue weighted by atomic mass is 35.5. The van der Waals surface area contributed by atoms with Crippen LogP contribution in [0.4, 0.5) is 10.5 Å². The molecule has 1 unspecified atom stereocenters.